The lowest BCUT2D eigenvalue weighted by atomic mass is 10.1. The third-order valence-corrected chi connectivity index (χ3v) is 5.79. The fourth-order valence-electron chi connectivity index (χ4n) is 3.74. The normalized spacial score (nSPS) is 13.7. The number of hydrogen-bond donors (Lipinski definition) is 3. The maximum absolute atomic E-state index is 12.8. The highest BCUT2D eigenvalue weighted by atomic mass is 35.5. The smallest absolute Gasteiger partial charge is 0.253 e. The van der Waals surface area contributed by atoms with E-state index in [4.69, 9.17) is 11.6 Å². The third-order valence-electron chi connectivity index (χ3n) is 5.46. The van der Waals surface area contributed by atoms with E-state index in [1.54, 1.807) is 30.3 Å². The molecule has 1 heterocycles. The number of likely N-dealkylation sites (tertiary alicyclic amines) is 1. The van der Waals surface area contributed by atoms with Gasteiger partial charge in [-0.1, -0.05) is 37.4 Å². The van der Waals surface area contributed by atoms with Gasteiger partial charge < -0.3 is 20.9 Å². The molecular formula is C25H31ClN4O3. The first-order valence-corrected chi connectivity index (χ1v) is 11.9. The molecule has 1 fully saturated rings. The highest BCUT2D eigenvalue weighted by Gasteiger charge is 2.17. The number of amides is 3. The van der Waals surface area contributed by atoms with E-state index in [0.29, 0.717) is 34.1 Å². The molecule has 0 unspecified atom stereocenters. The Balaban J connectivity index is 1.57. The maximum Gasteiger partial charge on any atom is 0.253 e. The molecule has 2 aromatic carbocycles. The Kier molecular flexibility index (Phi) is 9.13. The van der Waals surface area contributed by atoms with Crippen molar-refractivity contribution >= 4 is 46.4 Å². The second-order valence-electron chi connectivity index (χ2n) is 8.18. The van der Waals surface area contributed by atoms with Gasteiger partial charge in [-0.15, -0.1) is 0 Å². The lowest BCUT2D eigenvalue weighted by Crippen LogP contribution is -2.31. The number of rotatable bonds is 8. The number of halogens is 1. The van der Waals surface area contributed by atoms with Crippen molar-refractivity contribution in [3.05, 3.63) is 53.1 Å². The Bertz CT molecular complexity index is 987. The van der Waals surface area contributed by atoms with Crippen LogP contribution in [0.3, 0.4) is 0 Å². The van der Waals surface area contributed by atoms with Crippen LogP contribution in [0.15, 0.2) is 42.5 Å². The molecule has 0 bridgehead atoms. The highest BCUT2D eigenvalue weighted by molar-refractivity contribution is 6.33. The van der Waals surface area contributed by atoms with Gasteiger partial charge in [0.05, 0.1) is 17.3 Å². The molecule has 0 aromatic heterocycles. The summed E-state index contributed by atoms with van der Waals surface area (Å²) in [6, 6.07) is 12.2. The van der Waals surface area contributed by atoms with Gasteiger partial charge in [-0.05, 0) is 55.7 Å². The fraction of sp³-hybridized carbons (Fsp3) is 0.400. The van der Waals surface area contributed by atoms with E-state index >= 15 is 0 Å². The van der Waals surface area contributed by atoms with Crippen LogP contribution in [-0.4, -0.2) is 42.3 Å². The summed E-state index contributed by atoms with van der Waals surface area (Å²) < 4.78 is 0. The van der Waals surface area contributed by atoms with Gasteiger partial charge >= 0.3 is 0 Å². The van der Waals surface area contributed by atoms with E-state index < -0.39 is 0 Å². The summed E-state index contributed by atoms with van der Waals surface area (Å²) in [5.74, 6) is -0.356. The minimum Gasteiger partial charge on any atom is -0.376 e. The van der Waals surface area contributed by atoms with Crippen LogP contribution < -0.4 is 16.0 Å². The predicted molar refractivity (Wildman–Crippen MR) is 133 cm³/mol. The first-order valence-electron chi connectivity index (χ1n) is 11.5. The van der Waals surface area contributed by atoms with Gasteiger partial charge in [-0.2, -0.15) is 0 Å². The molecule has 7 nitrogen and oxygen atoms in total. The van der Waals surface area contributed by atoms with Crippen LogP contribution in [0.2, 0.25) is 5.02 Å². The molecule has 0 atom stereocenters. The van der Waals surface area contributed by atoms with Gasteiger partial charge in [0, 0.05) is 36.4 Å². The molecule has 0 aliphatic carbocycles. The van der Waals surface area contributed by atoms with Crippen molar-refractivity contribution in [2.45, 2.75) is 45.4 Å². The maximum atomic E-state index is 12.8. The van der Waals surface area contributed by atoms with Gasteiger partial charge in [-0.3, -0.25) is 14.4 Å². The summed E-state index contributed by atoms with van der Waals surface area (Å²) in [6.45, 7) is 3.51. The minimum absolute atomic E-state index is 0.00408. The molecule has 33 heavy (non-hydrogen) atoms. The largest absolute Gasteiger partial charge is 0.376 e. The van der Waals surface area contributed by atoms with Crippen molar-refractivity contribution < 1.29 is 14.4 Å². The molecule has 0 spiro atoms. The monoisotopic (exact) mass is 470 g/mol. The summed E-state index contributed by atoms with van der Waals surface area (Å²) in [7, 11) is 0. The van der Waals surface area contributed by atoms with Gasteiger partial charge in [0.25, 0.3) is 5.91 Å². The van der Waals surface area contributed by atoms with E-state index in [1.165, 1.54) is 12.8 Å². The zero-order valence-corrected chi connectivity index (χ0v) is 19.7. The molecule has 2 aromatic rings. The summed E-state index contributed by atoms with van der Waals surface area (Å²) >= 11 is 6.21. The number of nitrogens with one attached hydrogen (secondary N) is 3. The Morgan fingerprint density at radius 1 is 0.909 bits per heavy atom. The molecule has 8 heteroatoms. The number of nitrogens with zero attached hydrogens (tertiary/aromatic N) is 1. The van der Waals surface area contributed by atoms with Crippen molar-refractivity contribution in [3.8, 4) is 0 Å². The fourth-order valence-corrected chi connectivity index (χ4v) is 3.91. The SMILES string of the molecule is CCCC(=O)Nc1ccc(Cl)c(NC(=O)CNc2cccc(C(=O)N3CCCCCC3)c2)c1. The third kappa shape index (κ3) is 7.49. The number of carbonyl (C=O) groups excluding carboxylic acids is 3. The van der Waals surface area contributed by atoms with Gasteiger partial charge in [0.15, 0.2) is 0 Å². The second-order valence-corrected chi connectivity index (χ2v) is 8.59. The summed E-state index contributed by atoms with van der Waals surface area (Å²) in [5.41, 5.74) is 2.29. The van der Waals surface area contributed by atoms with E-state index in [-0.39, 0.29) is 24.3 Å². The van der Waals surface area contributed by atoms with E-state index in [2.05, 4.69) is 16.0 Å². The Labute approximate surface area is 199 Å². The zero-order valence-electron chi connectivity index (χ0n) is 19.0. The molecule has 3 amide bonds. The van der Waals surface area contributed by atoms with Gasteiger partial charge in [0.1, 0.15) is 0 Å². The van der Waals surface area contributed by atoms with Crippen molar-refractivity contribution in [1.82, 2.24) is 4.90 Å². The van der Waals surface area contributed by atoms with Crippen LogP contribution in [0.25, 0.3) is 0 Å². The van der Waals surface area contributed by atoms with Gasteiger partial charge in [0.2, 0.25) is 11.8 Å². The van der Waals surface area contributed by atoms with Crippen LogP contribution >= 0.6 is 11.6 Å². The molecule has 1 aliphatic heterocycles. The van der Waals surface area contributed by atoms with Crippen LogP contribution in [0, 0.1) is 0 Å². The molecule has 1 aliphatic rings. The van der Waals surface area contributed by atoms with Crippen molar-refractivity contribution in [1.29, 1.82) is 0 Å². The number of carbonyl (C=O) groups is 3. The Morgan fingerprint density at radius 2 is 1.67 bits per heavy atom. The quantitative estimate of drug-likeness (QED) is 0.498. The van der Waals surface area contributed by atoms with Crippen LogP contribution in [0.1, 0.15) is 55.8 Å². The van der Waals surface area contributed by atoms with Crippen LogP contribution in [-0.2, 0) is 9.59 Å². The molecule has 176 valence electrons. The number of hydrogen-bond acceptors (Lipinski definition) is 4. The zero-order chi connectivity index (χ0) is 23.6. The summed E-state index contributed by atoms with van der Waals surface area (Å²) in [4.78, 5) is 39.1. The lowest BCUT2D eigenvalue weighted by molar-refractivity contribution is -0.116. The molecular weight excluding hydrogens is 440 g/mol. The number of benzene rings is 2. The topological polar surface area (TPSA) is 90.5 Å². The number of anilines is 3. The minimum atomic E-state index is -0.293. The first-order chi connectivity index (χ1) is 16.0. The summed E-state index contributed by atoms with van der Waals surface area (Å²) in [6.07, 6.45) is 5.58. The predicted octanol–water partition coefficient (Wildman–Crippen LogP) is 5.15. The Hall–Kier alpha value is -3.06. The first kappa shape index (κ1) is 24.6. The van der Waals surface area contributed by atoms with E-state index in [0.717, 1.165) is 32.4 Å². The van der Waals surface area contributed by atoms with Crippen molar-refractivity contribution in [2.24, 2.45) is 0 Å². The molecule has 1 saturated heterocycles. The van der Waals surface area contributed by atoms with E-state index in [1.807, 2.05) is 24.0 Å². The van der Waals surface area contributed by atoms with E-state index in [9.17, 15) is 14.4 Å². The van der Waals surface area contributed by atoms with Crippen molar-refractivity contribution in [3.63, 3.8) is 0 Å². The Morgan fingerprint density at radius 3 is 2.39 bits per heavy atom. The van der Waals surface area contributed by atoms with Crippen molar-refractivity contribution in [2.75, 3.05) is 35.6 Å². The van der Waals surface area contributed by atoms with Crippen LogP contribution in [0.5, 0.6) is 0 Å². The lowest BCUT2D eigenvalue weighted by Gasteiger charge is -2.20. The van der Waals surface area contributed by atoms with Crippen LogP contribution in [0.4, 0.5) is 17.1 Å². The molecule has 0 radical (unpaired) electrons. The average Bonchev–Trinajstić information content (AvgIpc) is 3.09. The molecule has 3 rings (SSSR count). The van der Waals surface area contributed by atoms with Gasteiger partial charge in [-0.25, -0.2) is 0 Å². The summed E-state index contributed by atoms with van der Waals surface area (Å²) in [5, 5.41) is 8.99. The second kappa shape index (κ2) is 12.3. The molecule has 3 N–H and O–H groups in total. The average molecular weight is 471 g/mol. The highest BCUT2D eigenvalue weighted by Crippen LogP contribution is 2.26. The molecule has 0 saturated carbocycles. The standard InChI is InChI=1S/C25H31ClN4O3/c1-2-8-23(31)28-20-11-12-21(26)22(16-20)29-24(32)17-27-19-10-7-9-18(15-19)25(33)30-13-5-3-4-6-14-30/h7,9-12,15-16,27H,2-6,8,13-14,17H2,1H3,(H,28,31)(H,29,32).